The monoisotopic (exact) mass is 383 g/mol. The van der Waals surface area contributed by atoms with Crippen molar-refractivity contribution in [1.29, 1.82) is 0 Å². The number of rotatable bonds is 3. The molecule has 0 atom stereocenters. The number of anilines is 1. The smallest absolute Gasteiger partial charge is 0.332 e. The molecule has 0 unspecified atom stereocenters. The highest BCUT2D eigenvalue weighted by Crippen LogP contribution is 2.30. The third-order valence-corrected chi connectivity index (χ3v) is 3.63. The Morgan fingerprint density at radius 1 is 1.19 bits per heavy atom. The molecule has 10 heteroatoms. The summed E-state index contributed by atoms with van der Waals surface area (Å²) < 4.78 is 38.1. The minimum atomic E-state index is -4.51. The normalized spacial score (nSPS) is 10.9. The molecule has 0 radical (unpaired) electrons. The lowest BCUT2D eigenvalue weighted by atomic mass is 10.1. The molecule has 0 saturated carbocycles. The van der Waals surface area contributed by atoms with Gasteiger partial charge in [0.05, 0.1) is 10.5 Å². The van der Waals surface area contributed by atoms with Crippen molar-refractivity contribution in [2.45, 2.75) is 13.1 Å². The van der Waals surface area contributed by atoms with Gasteiger partial charge in [0, 0.05) is 22.9 Å². The number of nitro groups is 1. The Morgan fingerprint density at radius 2 is 1.85 bits per heavy atom. The van der Waals surface area contributed by atoms with Crippen LogP contribution in [0.15, 0.2) is 42.5 Å². The first kappa shape index (κ1) is 19.3. The topological polar surface area (TPSA) is 84.3 Å². The number of amides is 1. The summed E-state index contributed by atoms with van der Waals surface area (Å²) in [6, 6.07) is 8.28. The summed E-state index contributed by atoms with van der Waals surface area (Å²) in [5.74, 6) is -0.712. The van der Waals surface area contributed by atoms with E-state index in [1.54, 1.807) is 0 Å². The third-order valence-electron chi connectivity index (χ3n) is 3.42. The van der Waals surface area contributed by atoms with E-state index >= 15 is 0 Å². The molecule has 0 aliphatic carbocycles. The molecule has 0 aliphatic heterocycles. The van der Waals surface area contributed by atoms with Crippen LogP contribution in [0.2, 0.25) is 0 Å². The van der Waals surface area contributed by atoms with Crippen LogP contribution in [0.4, 0.5) is 24.5 Å². The van der Waals surface area contributed by atoms with Crippen molar-refractivity contribution < 1.29 is 22.9 Å². The van der Waals surface area contributed by atoms with Crippen LogP contribution in [0.1, 0.15) is 21.5 Å². The fourth-order valence-electron chi connectivity index (χ4n) is 2.17. The van der Waals surface area contributed by atoms with Gasteiger partial charge in [-0.15, -0.1) is 0 Å². The maximum atomic E-state index is 12.7. The van der Waals surface area contributed by atoms with Gasteiger partial charge in [0.1, 0.15) is 0 Å². The Morgan fingerprint density at radius 3 is 2.46 bits per heavy atom. The van der Waals surface area contributed by atoms with Gasteiger partial charge in [-0.05, 0) is 43.4 Å². The Bertz CT molecular complexity index is 885. The number of nitro benzene ring substituents is 1. The molecule has 2 aromatic rings. The molecular formula is C16H12F3N3O3S. The number of nitrogens with zero attached hydrogens (tertiary/aromatic N) is 1. The van der Waals surface area contributed by atoms with E-state index in [0.29, 0.717) is 0 Å². The SMILES string of the molecule is Cc1c(C(=O)NC(=S)Nc2cccc(C(F)(F)F)c2)cccc1[N+](=O)[O-]. The summed E-state index contributed by atoms with van der Waals surface area (Å²) in [4.78, 5) is 22.5. The lowest BCUT2D eigenvalue weighted by Crippen LogP contribution is -2.34. The van der Waals surface area contributed by atoms with Crippen LogP contribution in [-0.4, -0.2) is 15.9 Å². The van der Waals surface area contributed by atoms with Gasteiger partial charge in [-0.3, -0.25) is 20.2 Å². The molecule has 2 aromatic carbocycles. The number of hydrogen-bond donors (Lipinski definition) is 2. The second kappa shape index (κ2) is 7.48. The highest BCUT2D eigenvalue weighted by Gasteiger charge is 2.30. The molecule has 0 saturated heterocycles. The molecule has 0 bridgehead atoms. The second-order valence-corrected chi connectivity index (χ2v) is 5.60. The van der Waals surface area contributed by atoms with Crippen molar-refractivity contribution in [3.63, 3.8) is 0 Å². The molecule has 0 aliphatic rings. The van der Waals surface area contributed by atoms with Crippen LogP contribution < -0.4 is 10.6 Å². The summed E-state index contributed by atoms with van der Waals surface area (Å²) in [6.45, 7) is 1.41. The van der Waals surface area contributed by atoms with E-state index in [0.717, 1.165) is 12.1 Å². The van der Waals surface area contributed by atoms with E-state index in [1.807, 2.05) is 0 Å². The number of hydrogen-bond acceptors (Lipinski definition) is 4. The number of thiocarbonyl (C=S) groups is 1. The van der Waals surface area contributed by atoms with Gasteiger partial charge in [0.15, 0.2) is 5.11 Å². The van der Waals surface area contributed by atoms with Crippen molar-refractivity contribution in [3.05, 3.63) is 69.3 Å². The molecule has 0 fully saturated rings. The van der Waals surface area contributed by atoms with Gasteiger partial charge >= 0.3 is 6.18 Å². The fourth-order valence-corrected chi connectivity index (χ4v) is 2.38. The van der Waals surface area contributed by atoms with Crippen LogP contribution in [0.5, 0.6) is 0 Å². The molecule has 0 spiro atoms. The zero-order chi connectivity index (χ0) is 19.5. The Balaban J connectivity index is 2.13. The standard InChI is InChI=1S/C16H12F3N3O3S/c1-9-12(6-3-7-13(9)22(24)25)14(23)21-15(26)20-11-5-2-4-10(8-11)16(17,18)19/h2-8H,1H3,(H2,20,21,23,26). The zero-order valence-electron chi connectivity index (χ0n) is 13.3. The highest BCUT2D eigenvalue weighted by molar-refractivity contribution is 7.80. The summed E-state index contributed by atoms with van der Waals surface area (Å²) in [5, 5.41) is 15.4. The minimum Gasteiger partial charge on any atom is -0.332 e. The Labute approximate surface area is 151 Å². The summed E-state index contributed by atoms with van der Waals surface area (Å²) in [5.41, 5.74) is -0.870. The van der Waals surface area contributed by atoms with Crippen molar-refractivity contribution >= 4 is 34.6 Å². The van der Waals surface area contributed by atoms with Crippen molar-refractivity contribution in [2.75, 3.05) is 5.32 Å². The highest BCUT2D eigenvalue weighted by atomic mass is 32.1. The molecule has 26 heavy (non-hydrogen) atoms. The molecular weight excluding hydrogens is 371 g/mol. The molecule has 136 valence electrons. The lowest BCUT2D eigenvalue weighted by Gasteiger charge is -2.12. The quantitative estimate of drug-likeness (QED) is 0.475. The van der Waals surface area contributed by atoms with Gasteiger partial charge in [0.2, 0.25) is 0 Å². The van der Waals surface area contributed by atoms with Crippen LogP contribution in [0.3, 0.4) is 0 Å². The second-order valence-electron chi connectivity index (χ2n) is 5.19. The summed E-state index contributed by atoms with van der Waals surface area (Å²) in [7, 11) is 0. The minimum absolute atomic E-state index is 0.0346. The number of carbonyl (C=O) groups is 1. The largest absolute Gasteiger partial charge is 0.416 e. The van der Waals surface area contributed by atoms with E-state index in [9.17, 15) is 28.1 Å². The first-order valence-corrected chi connectivity index (χ1v) is 7.54. The predicted molar refractivity (Wildman–Crippen MR) is 93.0 cm³/mol. The van der Waals surface area contributed by atoms with E-state index in [4.69, 9.17) is 12.2 Å². The third kappa shape index (κ3) is 4.54. The number of alkyl halides is 3. The van der Waals surface area contributed by atoms with E-state index in [2.05, 4.69) is 10.6 Å². The molecule has 1 amide bonds. The molecule has 2 rings (SSSR count). The van der Waals surface area contributed by atoms with Gasteiger partial charge in [0.25, 0.3) is 11.6 Å². The van der Waals surface area contributed by atoms with Crippen molar-refractivity contribution in [1.82, 2.24) is 5.32 Å². The van der Waals surface area contributed by atoms with Crippen LogP contribution in [-0.2, 0) is 6.18 Å². The maximum absolute atomic E-state index is 12.7. The van der Waals surface area contributed by atoms with Crippen molar-refractivity contribution in [2.24, 2.45) is 0 Å². The molecule has 0 heterocycles. The van der Waals surface area contributed by atoms with Gasteiger partial charge in [-0.1, -0.05) is 12.1 Å². The Hall–Kier alpha value is -3.01. The maximum Gasteiger partial charge on any atom is 0.416 e. The number of benzene rings is 2. The Kier molecular flexibility index (Phi) is 5.56. The average molecular weight is 383 g/mol. The number of halogens is 3. The van der Waals surface area contributed by atoms with E-state index in [1.165, 1.54) is 37.3 Å². The summed E-state index contributed by atoms with van der Waals surface area (Å²) in [6.07, 6.45) is -4.51. The van der Waals surface area contributed by atoms with Crippen LogP contribution in [0, 0.1) is 17.0 Å². The number of carbonyl (C=O) groups excluding carboxylic acids is 1. The molecule has 0 aromatic heterocycles. The first-order valence-electron chi connectivity index (χ1n) is 7.13. The van der Waals surface area contributed by atoms with E-state index in [-0.39, 0.29) is 27.6 Å². The average Bonchev–Trinajstić information content (AvgIpc) is 2.53. The first-order chi connectivity index (χ1) is 12.1. The van der Waals surface area contributed by atoms with Crippen LogP contribution >= 0.6 is 12.2 Å². The lowest BCUT2D eigenvalue weighted by molar-refractivity contribution is -0.385. The van der Waals surface area contributed by atoms with Crippen molar-refractivity contribution in [3.8, 4) is 0 Å². The van der Waals surface area contributed by atoms with Gasteiger partial charge in [-0.2, -0.15) is 13.2 Å². The van der Waals surface area contributed by atoms with Crippen LogP contribution in [0.25, 0.3) is 0 Å². The fraction of sp³-hybridized carbons (Fsp3) is 0.125. The number of nitrogens with one attached hydrogen (secondary N) is 2. The van der Waals surface area contributed by atoms with Gasteiger partial charge < -0.3 is 5.32 Å². The summed E-state index contributed by atoms with van der Waals surface area (Å²) >= 11 is 4.92. The van der Waals surface area contributed by atoms with E-state index < -0.39 is 22.6 Å². The molecule has 2 N–H and O–H groups in total. The molecule has 6 nitrogen and oxygen atoms in total. The predicted octanol–water partition coefficient (Wildman–Crippen LogP) is 4.05. The van der Waals surface area contributed by atoms with Gasteiger partial charge in [-0.25, -0.2) is 0 Å². The zero-order valence-corrected chi connectivity index (χ0v) is 14.1.